The number of rotatable bonds is 4. The molecule has 1 aromatic heterocycles. The molecule has 0 saturated heterocycles. The molecule has 0 spiro atoms. The molecule has 4 rings (SSSR count). The Morgan fingerprint density at radius 3 is 2.41 bits per heavy atom. The summed E-state index contributed by atoms with van der Waals surface area (Å²) in [4.78, 5) is 25.2. The fourth-order valence-electron chi connectivity index (χ4n) is 2.93. The Labute approximate surface area is 171 Å². The Morgan fingerprint density at radius 1 is 0.966 bits per heavy atom. The summed E-state index contributed by atoms with van der Waals surface area (Å²) in [6.07, 6.45) is 1.39. The number of benzene rings is 3. The number of fused-ring (bicyclic) bond motifs is 1. The van der Waals surface area contributed by atoms with Crippen LogP contribution < -0.4 is 14.9 Å². The molecule has 0 unspecified atom stereocenters. The SMILES string of the molecule is COc1ccc(-c2coc3cc(OC(=O)c4ccccc4Cl)ccc3c2=O)cc1. The predicted molar refractivity (Wildman–Crippen MR) is 111 cm³/mol. The average molecular weight is 407 g/mol. The zero-order valence-corrected chi connectivity index (χ0v) is 16.1. The van der Waals surface area contributed by atoms with E-state index in [0.717, 1.165) is 5.56 Å². The van der Waals surface area contributed by atoms with E-state index < -0.39 is 5.97 Å². The summed E-state index contributed by atoms with van der Waals surface area (Å²) in [5.74, 6) is 0.360. The maximum atomic E-state index is 12.9. The molecule has 0 N–H and O–H groups in total. The van der Waals surface area contributed by atoms with Gasteiger partial charge in [0.2, 0.25) is 0 Å². The lowest BCUT2D eigenvalue weighted by Gasteiger charge is -2.07. The van der Waals surface area contributed by atoms with Crippen molar-refractivity contribution in [2.75, 3.05) is 7.11 Å². The Morgan fingerprint density at radius 2 is 1.69 bits per heavy atom. The molecule has 5 nitrogen and oxygen atoms in total. The Balaban J connectivity index is 1.66. The molecular formula is C23H15ClO5. The van der Waals surface area contributed by atoms with Crippen LogP contribution in [0.1, 0.15) is 10.4 Å². The Kier molecular flexibility index (Phi) is 5.06. The zero-order chi connectivity index (χ0) is 20.4. The van der Waals surface area contributed by atoms with Crippen LogP contribution in [0.2, 0.25) is 5.02 Å². The number of halogens is 1. The fourth-order valence-corrected chi connectivity index (χ4v) is 3.14. The van der Waals surface area contributed by atoms with Gasteiger partial charge in [-0.3, -0.25) is 4.79 Å². The van der Waals surface area contributed by atoms with E-state index in [0.29, 0.717) is 27.3 Å². The van der Waals surface area contributed by atoms with Crippen LogP contribution in [0.5, 0.6) is 11.5 Å². The second-order valence-electron chi connectivity index (χ2n) is 6.23. The molecule has 0 fully saturated rings. The molecular weight excluding hydrogens is 392 g/mol. The van der Waals surface area contributed by atoms with Gasteiger partial charge in [-0.15, -0.1) is 0 Å². The number of methoxy groups -OCH3 is 1. The average Bonchev–Trinajstić information content (AvgIpc) is 2.74. The first kappa shape index (κ1) is 18.8. The van der Waals surface area contributed by atoms with Gasteiger partial charge in [0.1, 0.15) is 23.3 Å². The second-order valence-corrected chi connectivity index (χ2v) is 6.64. The largest absolute Gasteiger partial charge is 0.497 e. The van der Waals surface area contributed by atoms with Crippen LogP contribution in [0.4, 0.5) is 0 Å². The maximum absolute atomic E-state index is 12.9. The molecule has 0 aliphatic heterocycles. The van der Waals surface area contributed by atoms with Crippen LogP contribution >= 0.6 is 11.6 Å². The van der Waals surface area contributed by atoms with Crippen LogP contribution in [0.3, 0.4) is 0 Å². The van der Waals surface area contributed by atoms with E-state index in [1.807, 2.05) is 0 Å². The topological polar surface area (TPSA) is 65.7 Å². The summed E-state index contributed by atoms with van der Waals surface area (Å²) in [6, 6.07) is 18.4. The minimum atomic E-state index is -0.591. The Hall–Kier alpha value is -3.57. The quantitative estimate of drug-likeness (QED) is 0.338. The van der Waals surface area contributed by atoms with Crippen LogP contribution in [0, 0.1) is 0 Å². The predicted octanol–water partition coefficient (Wildman–Crippen LogP) is 5.34. The molecule has 0 aliphatic rings. The number of ether oxygens (including phenoxy) is 2. The van der Waals surface area contributed by atoms with Crippen molar-refractivity contribution in [3.63, 3.8) is 0 Å². The van der Waals surface area contributed by atoms with Crippen molar-refractivity contribution in [2.24, 2.45) is 0 Å². The third kappa shape index (κ3) is 3.73. The highest BCUT2D eigenvalue weighted by Crippen LogP contribution is 2.25. The van der Waals surface area contributed by atoms with Gasteiger partial charge in [-0.1, -0.05) is 35.9 Å². The summed E-state index contributed by atoms with van der Waals surface area (Å²) >= 11 is 6.03. The highest BCUT2D eigenvalue weighted by atomic mass is 35.5. The lowest BCUT2D eigenvalue weighted by atomic mass is 10.1. The van der Waals surface area contributed by atoms with E-state index >= 15 is 0 Å². The Bertz CT molecular complexity index is 1260. The van der Waals surface area contributed by atoms with Crippen LogP contribution in [-0.4, -0.2) is 13.1 Å². The molecule has 1 heterocycles. The molecule has 0 radical (unpaired) electrons. The monoisotopic (exact) mass is 406 g/mol. The highest BCUT2D eigenvalue weighted by molar-refractivity contribution is 6.33. The van der Waals surface area contributed by atoms with Crippen molar-refractivity contribution < 1.29 is 18.7 Å². The molecule has 0 atom stereocenters. The van der Waals surface area contributed by atoms with Crippen molar-refractivity contribution in [2.45, 2.75) is 0 Å². The number of esters is 1. The van der Waals surface area contributed by atoms with E-state index in [2.05, 4.69) is 0 Å². The molecule has 0 saturated carbocycles. The van der Waals surface area contributed by atoms with Crippen molar-refractivity contribution in [3.05, 3.63) is 93.8 Å². The van der Waals surface area contributed by atoms with Crippen LogP contribution in [0.25, 0.3) is 22.1 Å². The first-order chi connectivity index (χ1) is 14.1. The van der Waals surface area contributed by atoms with Gasteiger partial charge in [0.05, 0.1) is 28.6 Å². The molecule has 0 bridgehead atoms. The van der Waals surface area contributed by atoms with Crippen molar-refractivity contribution in [3.8, 4) is 22.6 Å². The van der Waals surface area contributed by atoms with E-state index in [9.17, 15) is 9.59 Å². The van der Waals surface area contributed by atoms with Crippen LogP contribution in [-0.2, 0) is 0 Å². The normalized spacial score (nSPS) is 10.7. The smallest absolute Gasteiger partial charge is 0.345 e. The number of carbonyl (C=O) groups excluding carboxylic acids is 1. The lowest BCUT2D eigenvalue weighted by Crippen LogP contribution is -2.09. The summed E-state index contributed by atoms with van der Waals surface area (Å²) in [6.45, 7) is 0. The summed E-state index contributed by atoms with van der Waals surface area (Å²) in [5.41, 5.74) is 1.54. The van der Waals surface area contributed by atoms with E-state index in [-0.39, 0.29) is 16.7 Å². The summed E-state index contributed by atoms with van der Waals surface area (Å²) in [5, 5.41) is 0.685. The second kappa shape index (κ2) is 7.81. The van der Waals surface area contributed by atoms with Crippen molar-refractivity contribution in [1.29, 1.82) is 0 Å². The van der Waals surface area contributed by atoms with Gasteiger partial charge < -0.3 is 13.9 Å². The summed E-state index contributed by atoms with van der Waals surface area (Å²) in [7, 11) is 1.58. The first-order valence-corrected chi connectivity index (χ1v) is 9.11. The van der Waals surface area contributed by atoms with Gasteiger partial charge in [0.15, 0.2) is 5.43 Å². The van der Waals surface area contributed by atoms with Crippen LogP contribution in [0.15, 0.2) is 82.2 Å². The van der Waals surface area contributed by atoms with Gasteiger partial charge >= 0.3 is 5.97 Å². The molecule has 6 heteroatoms. The van der Waals surface area contributed by atoms with E-state index in [1.54, 1.807) is 67.8 Å². The maximum Gasteiger partial charge on any atom is 0.345 e. The van der Waals surface area contributed by atoms with Crippen molar-refractivity contribution >= 4 is 28.5 Å². The molecule has 0 aliphatic carbocycles. The molecule has 29 heavy (non-hydrogen) atoms. The third-order valence-corrected chi connectivity index (χ3v) is 4.78. The van der Waals surface area contributed by atoms with Crippen molar-refractivity contribution in [1.82, 2.24) is 0 Å². The van der Waals surface area contributed by atoms with Gasteiger partial charge in [0, 0.05) is 6.07 Å². The number of carbonyl (C=O) groups is 1. The fraction of sp³-hybridized carbons (Fsp3) is 0.0435. The summed E-state index contributed by atoms with van der Waals surface area (Å²) < 4.78 is 16.1. The molecule has 144 valence electrons. The molecule has 0 amide bonds. The lowest BCUT2D eigenvalue weighted by molar-refractivity contribution is 0.0735. The van der Waals surface area contributed by atoms with E-state index in [1.165, 1.54) is 12.3 Å². The highest BCUT2D eigenvalue weighted by Gasteiger charge is 2.14. The van der Waals surface area contributed by atoms with E-state index in [4.69, 9.17) is 25.5 Å². The van der Waals surface area contributed by atoms with Gasteiger partial charge in [-0.05, 0) is 42.0 Å². The van der Waals surface area contributed by atoms with Gasteiger partial charge in [-0.25, -0.2) is 4.79 Å². The standard InChI is InChI=1S/C23H15ClO5/c1-27-15-8-6-14(7-9-15)19-13-28-21-12-16(10-11-18(21)22(19)25)29-23(26)17-4-2-3-5-20(17)24/h2-13H,1H3. The minimum Gasteiger partial charge on any atom is -0.497 e. The molecule has 4 aromatic rings. The molecule has 3 aromatic carbocycles. The van der Waals surface area contributed by atoms with Gasteiger partial charge in [0.25, 0.3) is 0 Å². The third-order valence-electron chi connectivity index (χ3n) is 4.45. The number of hydrogen-bond acceptors (Lipinski definition) is 5. The zero-order valence-electron chi connectivity index (χ0n) is 15.3. The number of hydrogen-bond donors (Lipinski definition) is 0. The first-order valence-electron chi connectivity index (χ1n) is 8.73. The van der Waals surface area contributed by atoms with Gasteiger partial charge in [-0.2, -0.15) is 0 Å². The minimum absolute atomic E-state index is 0.180.